The highest BCUT2D eigenvalue weighted by atomic mass is 35.5. The fourth-order valence-corrected chi connectivity index (χ4v) is 1.27. The lowest BCUT2D eigenvalue weighted by atomic mass is 10.1. The molecule has 1 aromatic carbocycles. The molecule has 1 aromatic rings. The predicted octanol–water partition coefficient (Wildman–Crippen LogP) is 1.95. The minimum atomic E-state index is -1.21. The molecule has 0 unspecified atom stereocenters. The molecule has 0 spiro atoms. The first-order valence-electron chi connectivity index (χ1n) is 3.88. The maximum atomic E-state index is 11.3. The molecule has 0 heterocycles. The van der Waals surface area contributed by atoms with E-state index in [1.165, 1.54) is 12.1 Å². The standard InChI is InChI=1S/C9H7Cl2NO3/c10-8(11)7(13)4-1-2-6(12)5(3-4)9(14)15/h1-3,8H,12H2,(H,14,15). The number of carbonyl (C=O) groups is 2. The molecule has 0 atom stereocenters. The summed E-state index contributed by atoms with van der Waals surface area (Å²) in [6, 6.07) is 3.85. The zero-order chi connectivity index (χ0) is 11.6. The maximum absolute atomic E-state index is 11.3. The number of halogens is 2. The number of ketones is 1. The van der Waals surface area contributed by atoms with Gasteiger partial charge in [-0.1, -0.05) is 23.2 Å². The first-order chi connectivity index (χ1) is 6.93. The smallest absolute Gasteiger partial charge is 0.337 e. The number of carboxylic acid groups (broad SMARTS) is 1. The minimum absolute atomic E-state index is 0.0831. The second kappa shape index (κ2) is 4.51. The average Bonchev–Trinajstić information content (AvgIpc) is 2.16. The Morgan fingerprint density at radius 1 is 1.33 bits per heavy atom. The maximum Gasteiger partial charge on any atom is 0.337 e. The van der Waals surface area contributed by atoms with E-state index in [1.54, 1.807) is 0 Å². The van der Waals surface area contributed by atoms with Crippen LogP contribution in [0.2, 0.25) is 0 Å². The molecule has 6 heteroatoms. The van der Waals surface area contributed by atoms with Crippen LogP contribution in [0.3, 0.4) is 0 Å². The molecule has 0 aliphatic carbocycles. The van der Waals surface area contributed by atoms with Crippen molar-refractivity contribution < 1.29 is 14.7 Å². The number of Topliss-reactive ketones (excluding diaryl/α,β-unsaturated/α-hetero) is 1. The Hall–Kier alpha value is -1.26. The van der Waals surface area contributed by atoms with E-state index in [0.717, 1.165) is 6.07 Å². The van der Waals surface area contributed by atoms with Crippen molar-refractivity contribution in [3.63, 3.8) is 0 Å². The monoisotopic (exact) mass is 247 g/mol. The molecule has 0 fully saturated rings. The van der Waals surface area contributed by atoms with Crippen LogP contribution in [0.4, 0.5) is 5.69 Å². The fourth-order valence-electron chi connectivity index (χ4n) is 1.02. The number of carbonyl (C=O) groups excluding carboxylic acids is 1. The molecule has 0 radical (unpaired) electrons. The lowest BCUT2D eigenvalue weighted by molar-refractivity contribution is 0.0698. The third kappa shape index (κ3) is 2.61. The van der Waals surface area contributed by atoms with Crippen LogP contribution in [0.25, 0.3) is 0 Å². The van der Waals surface area contributed by atoms with Crippen molar-refractivity contribution in [2.24, 2.45) is 0 Å². The molecule has 3 N–H and O–H groups in total. The zero-order valence-electron chi connectivity index (χ0n) is 7.41. The number of carboxylic acids is 1. The molecule has 15 heavy (non-hydrogen) atoms. The van der Waals surface area contributed by atoms with Crippen LogP contribution < -0.4 is 5.73 Å². The largest absolute Gasteiger partial charge is 0.478 e. The van der Waals surface area contributed by atoms with Crippen molar-refractivity contribution >= 4 is 40.6 Å². The lowest BCUT2D eigenvalue weighted by Gasteiger charge is -2.04. The van der Waals surface area contributed by atoms with Gasteiger partial charge < -0.3 is 10.8 Å². The number of alkyl halides is 2. The summed E-state index contributed by atoms with van der Waals surface area (Å²) in [4.78, 5) is 20.8. The van der Waals surface area contributed by atoms with Crippen molar-refractivity contribution in [2.75, 3.05) is 5.73 Å². The number of benzene rings is 1. The summed E-state index contributed by atoms with van der Waals surface area (Å²) >= 11 is 10.7. The van der Waals surface area contributed by atoms with E-state index < -0.39 is 16.6 Å². The van der Waals surface area contributed by atoms with Gasteiger partial charge >= 0.3 is 5.97 Å². The average molecular weight is 248 g/mol. The van der Waals surface area contributed by atoms with Crippen molar-refractivity contribution in [1.82, 2.24) is 0 Å². The summed E-state index contributed by atoms with van der Waals surface area (Å²) < 4.78 is 0. The van der Waals surface area contributed by atoms with E-state index in [1.807, 2.05) is 0 Å². The van der Waals surface area contributed by atoms with E-state index in [4.69, 9.17) is 34.0 Å². The van der Waals surface area contributed by atoms with E-state index in [9.17, 15) is 9.59 Å². The normalized spacial score (nSPS) is 10.3. The summed E-state index contributed by atoms with van der Waals surface area (Å²) in [5, 5.41) is 8.75. The van der Waals surface area contributed by atoms with Crippen molar-refractivity contribution in [3.8, 4) is 0 Å². The molecule has 0 aromatic heterocycles. The van der Waals surface area contributed by atoms with E-state index in [2.05, 4.69) is 0 Å². The highest BCUT2D eigenvalue weighted by Crippen LogP contribution is 2.18. The van der Waals surface area contributed by atoms with Gasteiger partial charge in [0, 0.05) is 11.3 Å². The highest BCUT2D eigenvalue weighted by Gasteiger charge is 2.17. The Morgan fingerprint density at radius 3 is 2.40 bits per heavy atom. The molecule has 0 aliphatic heterocycles. The van der Waals surface area contributed by atoms with Gasteiger partial charge in [-0.05, 0) is 18.2 Å². The number of hydrogen-bond donors (Lipinski definition) is 2. The first kappa shape index (κ1) is 11.8. The van der Waals surface area contributed by atoms with Gasteiger partial charge in [0.25, 0.3) is 0 Å². The lowest BCUT2D eigenvalue weighted by Crippen LogP contribution is -2.11. The van der Waals surface area contributed by atoms with Crippen LogP contribution >= 0.6 is 23.2 Å². The molecule has 0 saturated carbocycles. The Kier molecular flexibility index (Phi) is 3.55. The second-order valence-corrected chi connectivity index (χ2v) is 3.87. The third-order valence-electron chi connectivity index (χ3n) is 1.77. The summed E-state index contributed by atoms with van der Waals surface area (Å²) in [7, 11) is 0. The van der Waals surface area contributed by atoms with Crippen LogP contribution in [0.5, 0.6) is 0 Å². The number of hydrogen-bond acceptors (Lipinski definition) is 3. The fraction of sp³-hybridized carbons (Fsp3) is 0.111. The topological polar surface area (TPSA) is 80.4 Å². The van der Waals surface area contributed by atoms with Gasteiger partial charge in [0.2, 0.25) is 0 Å². The molecular weight excluding hydrogens is 241 g/mol. The van der Waals surface area contributed by atoms with Crippen LogP contribution in [0.15, 0.2) is 18.2 Å². The van der Waals surface area contributed by atoms with Crippen molar-refractivity contribution in [3.05, 3.63) is 29.3 Å². The van der Waals surface area contributed by atoms with Gasteiger partial charge in [-0.3, -0.25) is 4.79 Å². The molecular formula is C9H7Cl2NO3. The molecule has 0 amide bonds. The Morgan fingerprint density at radius 2 is 1.93 bits per heavy atom. The van der Waals surface area contributed by atoms with Crippen LogP contribution in [0.1, 0.15) is 20.7 Å². The SMILES string of the molecule is Nc1ccc(C(=O)C(Cl)Cl)cc1C(=O)O. The zero-order valence-corrected chi connectivity index (χ0v) is 8.92. The number of rotatable bonds is 3. The molecule has 0 bridgehead atoms. The van der Waals surface area contributed by atoms with Crippen LogP contribution in [-0.2, 0) is 0 Å². The number of nitrogens with two attached hydrogens (primary N) is 1. The van der Waals surface area contributed by atoms with Gasteiger partial charge in [-0.15, -0.1) is 0 Å². The molecule has 4 nitrogen and oxygen atoms in total. The summed E-state index contributed by atoms with van der Waals surface area (Å²) in [6.45, 7) is 0. The summed E-state index contributed by atoms with van der Waals surface area (Å²) in [5.74, 6) is -1.76. The minimum Gasteiger partial charge on any atom is -0.478 e. The molecule has 1 rings (SSSR count). The molecule has 0 saturated heterocycles. The highest BCUT2D eigenvalue weighted by molar-refractivity contribution is 6.55. The quantitative estimate of drug-likeness (QED) is 0.486. The predicted molar refractivity (Wildman–Crippen MR) is 57.6 cm³/mol. The van der Waals surface area contributed by atoms with Gasteiger partial charge in [0.15, 0.2) is 10.6 Å². The number of nitrogen functional groups attached to an aromatic ring is 1. The summed E-state index contributed by atoms with van der Waals surface area (Å²) in [5.41, 5.74) is 5.47. The Balaban J connectivity index is 3.19. The third-order valence-corrected chi connectivity index (χ3v) is 2.16. The Bertz CT molecular complexity index is 418. The number of anilines is 1. The van der Waals surface area contributed by atoms with Gasteiger partial charge in [-0.25, -0.2) is 4.79 Å². The van der Waals surface area contributed by atoms with Gasteiger partial charge in [-0.2, -0.15) is 0 Å². The number of aromatic carboxylic acids is 1. The van der Waals surface area contributed by atoms with E-state index in [0.29, 0.717) is 0 Å². The van der Waals surface area contributed by atoms with Crippen molar-refractivity contribution in [2.45, 2.75) is 4.84 Å². The first-order valence-corrected chi connectivity index (χ1v) is 4.76. The van der Waals surface area contributed by atoms with Gasteiger partial charge in [0.1, 0.15) is 0 Å². The van der Waals surface area contributed by atoms with Crippen LogP contribution in [0, 0.1) is 0 Å². The van der Waals surface area contributed by atoms with Crippen LogP contribution in [-0.4, -0.2) is 21.7 Å². The Labute approximate surface area is 95.6 Å². The molecule has 0 aliphatic rings. The van der Waals surface area contributed by atoms with Gasteiger partial charge in [0.05, 0.1) is 5.56 Å². The van der Waals surface area contributed by atoms with Crippen molar-refractivity contribution in [1.29, 1.82) is 0 Å². The van der Waals surface area contributed by atoms with E-state index >= 15 is 0 Å². The van der Waals surface area contributed by atoms with E-state index in [-0.39, 0.29) is 16.8 Å². The summed E-state index contributed by atoms with van der Waals surface area (Å²) in [6.07, 6.45) is 0. The second-order valence-electron chi connectivity index (χ2n) is 2.77. The molecule has 80 valence electrons.